The van der Waals surface area contributed by atoms with Crippen molar-refractivity contribution in [1.82, 2.24) is 0 Å². The fraction of sp³-hybridized carbons (Fsp3) is 0.569. The molecule has 0 N–H and O–H groups in total. The van der Waals surface area contributed by atoms with Crippen LogP contribution in [-0.2, 0) is 28.6 Å². The van der Waals surface area contributed by atoms with E-state index in [9.17, 15) is 14.4 Å². The zero-order valence-corrected chi connectivity index (χ0v) is 40.7. The van der Waals surface area contributed by atoms with Gasteiger partial charge in [0.25, 0.3) is 0 Å². The molecule has 0 heterocycles. The fourth-order valence-corrected chi connectivity index (χ4v) is 6.32. The van der Waals surface area contributed by atoms with Gasteiger partial charge in [-0.1, -0.05) is 231 Å². The Morgan fingerprint density at radius 3 is 1.12 bits per heavy atom. The Morgan fingerprint density at radius 1 is 0.328 bits per heavy atom. The molecular formula is C58H90O6. The van der Waals surface area contributed by atoms with E-state index in [4.69, 9.17) is 14.2 Å². The van der Waals surface area contributed by atoms with Gasteiger partial charge in [0.2, 0.25) is 0 Å². The molecule has 0 amide bonds. The van der Waals surface area contributed by atoms with Crippen molar-refractivity contribution in [2.24, 2.45) is 0 Å². The summed E-state index contributed by atoms with van der Waals surface area (Å²) in [6.45, 7) is 6.28. The first kappa shape index (κ1) is 59.6. The topological polar surface area (TPSA) is 78.9 Å². The first-order valence-electron chi connectivity index (χ1n) is 25.3. The summed E-state index contributed by atoms with van der Waals surface area (Å²) in [5, 5.41) is 0. The second-order valence-corrected chi connectivity index (χ2v) is 16.2. The lowest BCUT2D eigenvalue weighted by molar-refractivity contribution is -0.167. The number of allylic oxidation sites excluding steroid dienone is 22. The molecule has 0 aromatic rings. The van der Waals surface area contributed by atoms with Gasteiger partial charge in [0.1, 0.15) is 13.2 Å². The molecule has 0 fully saturated rings. The van der Waals surface area contributed by atoms with E-state index in [1.54, 1.807) is 0 Å². The second-order valence-electron chi connectivity index (χ2n) is 16.2. The summed E-state index contributed by atoms with van der Waals surface area (Å²) in [5.41, 5.74) is 0. The standard InChI is InChI=1S/C58H90O6/c1-4-7-10-13-16-19-22-25-27-28-29-31-33-36-39-42-45-48-51-57(60)63-54-55(53-62-56(59)50-47-44-41-38-35-32-24-21-18-15-12-9-6-3)64-58(61)52-49-46-43-40-37-34-30-26-23-20-17-14-11-8-5-2/h9-10,12-13,15-16,18-25,27-29,31-32,35,38,41,55H,4-8,11,14,17,26,30,33-34,36-37,39-40,42-54H2,1-3H3/b12-9+,13-10+,18-15+,19-16+,23-20+,24-21+,25-22+,28-27+,31-29+,35-32+,41-38+. The van der Waals surface area contributed by atoms with Crippen molar-refractivity contribution in [2.75, 3.05) is 13.2 Å². The second kappa shape index (κ2) is 51.2. The number of hydrogen-bond donors (Lipinski definition) is 0. The Bertz CT molecular complexity index is 1430. The summed E-state index contributed by atoms with van der Waals surface area (Å²) in [7, 11) is 0. The lowest BCUT2D eigenvalue weighted by Crippen LogP contribution is -2.30. The van der Waals surface area contributed by atoms with Crippen molar-refractivity contribution in [2.45, 2.75) is 200 Å². The number of rotatable bonds is 43. The van der Waals surface area contributed by atoms with Gasteiger partial charge in [0.15, 0.2) is 6.10 Å². The summed E-state index contributed by atoms with van der Waals surface area (Å²) in [6, 6.07) is 0. The predicted molar refractivity (Wildman–Crippen MR) is 274 cm³/mol. The molecule has 0 saturated heterocycles. The van der Waals surface area contributed by atoms with Gasteiger partial charge in [-0.15, -0.1) is 0 Å². The Hall–Kier alpha value is -4.45. The normalized spacial score (nSPS) is 13.2. The number of unbranched alkanes of at least 4 members (excludes halogenated alkanes) is 18. The molecule has 0 aliphatic heterocycles. The van der Waals surface area contributed by atoms with Crippen LogP contribution in [0.2, 0.25) is 0 Å². The molecule has 0 radical (unpaired) electrons. The minimum atomic E-state index is -0.824. The average molecular weight is 883 g/mol. The maximum Gasteiger partial charge on any atom is 0.306 e. The number of ether oxygens (including phenoxy) is 3. The maximum absolute atomic E-state index is 12.8. The molecule has 0 saturated carbocycles. The predicted octanol–water partition coefficient (Wildman–Crippen LogP) is 16.7. The van der Waals surface area contributed by atoms with Crippen LogP contribution in [-0.4, -0.2) is 37.2 Å². The number of hydrogen-bond acceptors (Lipinski definition) is 6. The summed E-state index contributed by atoms with van der Waals surface area (Å²) in [6.07, 6.45) is 71.5. The molecular weight excluding hydrogens is 793 g/mol. The molecule has 1 unspecified atom stereocenters. The monoisotopic (exact) mass is 883 g/mol. The van der Waals surface area contributed by atoms with Crippen molar-refractivity contribution in [3.8, 4) is 0 Å². The minimum absolute atomic E-state index is 0.121. The highest BCUT2D eigenvalue weighted by molar-refractivity contribution is 5.71. The van der Waals surface area contributed by atoms with Gasteiger partial charge in [-0.3, -0.25) is 14.4 Å². The van der Waals surface area contributed by atoms with Crippen LogP contribution in [0.15, 0.2) is 134 Å². The third-order valence-electron chi connectivity index (χ3n) is 10.1. The fourth-order valence-electron chi connectivity index (χ4n) is 6.32. The van der Waals surface area contributed by atoms with Crippen LogP contribution >= 0.6 is 0 Å². The molecule has 0 aromatic carbocycles. The smallest absolute Gasteiger partial charge is 0.306 e. The van der Waals surface area contributed by atoms with Gasteiger partial charge in [-0.25, -0.2) is 0 Å². The van der Waals surface area contributed by atoms with Crippen molar-refractivity contribution in [3.63, 3.8) is 0 Å². The summed E-state index contributed by atoms with van der Waals surface area (Å²) < 4.78 is 16.7. The Balaban J connectivity index is 4.56. The van der Waals surface area contributed by atoms with Gasteiger partial charge < -0.3 is 14.2 Å². The van der Waals surface area contributed by atoms with Gasteiger partial charge in [-0.05, 0) is 77.0 Å². The van der Waals surface area contributed by atoms with Gasteiger partial charge in [-0.2, -0.15) is 0 Å². The van der Waals surface area contributed by atoms with Crippen LogP contribution in [0.4, 0.5) is 0 Å². The van der Waals surface area contributed by atoms with Crippen LogP contribution in [0, 0.1) is 0 Å². The lowest BCUT2D eigenvalue weighted by atomic mass is 10.1. The first-order chi connectivity index (χ1) is 31.5. The van der Waals surface area contributed by atoms with E-state index in [-0.39, 0.29) is 37.5 Å². The Labute approximate surface area is 392 Å². The molecule has 6 heteroatoms. The van der Waals surface area contributed by atoms with E-state index in [2.05, 4.69) is 63.3 Å². The summed E-state index contributed by atoms with van der Waals surface area (Å²) in [4.78, 5) is 37.9. The summed E-state index contributed by atoms with van der Waals surface area (Å²) in [5.74, 6) is -1.03. The average Bonchev–Trinajstić information content (AvgIpc) is 3.29. The SMILES string of the molecule is CC/C=C/C=C/C=C/C=C/C=C/CCCC(=O)OCC(COC(=O)CCCCCCC/C=C/C=C/C=C/C=C/C=C/CCC)OC(=O)CCCCCCCCC/C=C/CCCCCC. The van der Waals surface area contributed by atoms with Crippen molar-refractivity contribution in [3.05, 3.63) is 134 Å². The first-order valence-corrected chi connectivity index (χ1v) is 25.3. The van der Waals surface area contributed by atoms with Gasteiger partial charge >= 0.3 is 17.9 Å². The van der Waals surface area contributed by atoms with Gasteiger partial charge in [0.05, 0.1) is 0 Å². The molecule has 64 heavy (non-hydrogen) atoms. The van der Waals surface area contributed by atoms with E-state index in [0.717, 1.165) is 77.0 Å². The molecule has 1 atom stereocenters. The van der Waals surface area contributed by atoms with Crippen LogP contribution in [0.3, 0.4) is 0 Å². The third kappa shape index (κ3) is 48.6. The summed E-state index contributed by atoms with van der Waals surface area (Å²) >= 11 is 0. The van der Waals surface area contributed by atoms with E-state index in [1.165, 1.54) is 70.6 Å². The largest absolute Gasteiger partial charge is 0.462 e. The molecule has 358 valence electrons. The molecule has 0 aliphatic carbocycles. The number of carbonyl (C=O) groups is 3. The molecule has 0 rings (SSSR count). The zero-order valence-electron chi connectivity index (χ0n) is 40.7. The van der Waals surface area contributed by atoms with Crippen LogP contribution in [0.25, 0.3) is 0 Å². The number of carbonyl (C=O) groups excluding carboxylic acids is 3. The van der Waals surface area contributed by atoms with Gasteiger partial charge in [0, 0.05) is 19.3 Å². The van der Waals surface area contributed by atoms with Crippen molar-refractivity contribution < 1.29 is 28.6 Å². The number of esters is 3. The molecule has 0 aromatic heterocycles. The molecule has 0 aliphatic rings. The van der Waals surface area contributed by atoms with Crippen molar-refractivity contribution in [1.29, 1.82) is 0 Å². The molecule has 0 spiro atoms. The Morgan fingerprint density at radius 2 is 0.672 bits per heavy atom. The molecule has 6 nitrogen and oxygen atoms in total. The quantitative estimate of drug-likeness (QED) is 0.0200. The highest BCUT2D eigenvalue weighted by atomic mass is 16.6. The highest BCUT2D eigenvalue weighted by Crippen LogP contribution is 2.13. The van der Waals surface area contributed by atoms with Crippen LogP contribution in [0.1, 0.15) is 194 Å². The molecule has 0 bridgehead atoms. The van der Waals surface area contributed by atoms with E-state index < -0.39 is 6.10 Å². The van der Waals surface area contributed by atoms with Crippen LogP contribution in [0.5, 0.6) is 0 Å². The van der Waals surface area contributed by atoms with Crippen LogP contribution < -0.4 is 0 Å². The maximum atomic E-state index is 12.8. The zero-order chi connectivity index (χ0) is 46.5. The Kier molecular flexibility index (Phi) is 47.6. The van der Waals surface area contributed by atoms with E-state index in [0.29, 0.717) is 19.3 Å². The lowest BCUT2D eigenvalue weighted by Gasteiger charge is -2.18. The van der Waals surface area contributed by atoms with Crippen molar-refractivity contribution >= 4 is 17.9 Å². The van der Waals surface area contributed by atoms with E-state index in [1.807, 2.05) is 91.1 Å². The highest BCUT2D eigenvalue weighted by Gasteiger charge is 2.19. The minimum Gasteiger partial charge on any atom is -0.462 e. The third-order valence-corrected chi connectivity index (χ3v) is 10.1. The van der Waals surface area contributed by atoms with E-state index >= 15 is 0 Å².